The molecule has 0 fully saturated rings. The first kappa shape index (κ1) is 17.7. The first-order chi connectivity index (χ1) is 9.84. The molecule has 1 aromatic rings. The van der Waals surface area contributed by atoms with E-state index >= 15 is 0 Å². The Kier molecular flexibility index (Phi) is 6.90. The Morgan fingerprint density at radius 3 is 2.62 bits per heavy atom. The molecule has 1 rings (SSSR count). The highest BCUT2D eigenvalue weighted by atomic mass is 32.1. The van der Waals surface area contributed by atoms with Gasteiger partial charge in [0, 0.05) is 32.4 Å². The molecule has 0 aliphatic heterocycles. The number of ether oxygens (including phenoxy) is 1. The standard InChI is InChI=1S/C12H19F3N4OS/c1-9-8-10(12(13,14)15)18-19(9)6-3-4-16-11(21)17-5-7-20-2/h8H,3-7H2,1-2H3,(H2,16,17,21). The topological polar surface area (TPSA) is 51.1 Å². The number of hydrogen-bond acceptors (Lipinski definition) is 3. The second kappa shape index (κ2) is 8.18. The van der Waals surface area contributed by atoms with Crippen LogP contribution >= 0.6 is 12.2 Å². The molecule has 0 unspecified atom stereocenters. The molecule has 1 heterocycles. The molecule has 0 saturated carbocycles. The van der Waals surface area contributed by atoms with Gasteiger partial charge in [0.25, 0.3) is 0 Å². The first-order valence-electron chi connectivity index (χ1n) is 6.47. The lowest BCUT2D eigenvalue weighted by Crippen LogP contribution is -2.37. The molecule has 0 radical (unpaired) electrons. The van der Waals surface area contributed by atoms with Crippen LogP contribution in [0, 0.1) is 6.92 Å². The zero-order chi connectivity index (χ0) is 15.9. The van der Waals surface area contributed by atoms with E-state index in [9.17, 15) is 13.2 Å². The quantitative estimate of drug-likeness (QED) is 0.591. The molecular formula is C12H19F3N4OS. The maximum Gasteiger partial charge on any atom is 0.435 e. The third kappa shape index (κ3) is 6.30. The van der Waals surface area contributed by atoms with Crippen molar-refractivity contribution in [2.75, 3.05) is 26.8 Å². The van der Waals surface area contributed by atoms with E-state index in [1.165, 1.54) is 4.68 Å². The van der Waals surface area contributed by atoms with Gasteiger partial charge in [0.1, 0.15) is 0 Å². The minimum absolute atomic E-state index is 0.398. The van der Waals surface area contributed by atoms with Crippen molar-refractivity contribution in [3.63, 3.8) is 0 Å². The average Bonchev–Trinajstić information content (AvgIpc) is 2.76. The van der Waals surface area contributed by atoms with Gasteiger partial charge in [-0.25, -0.2) is 0 Å². The van der Waals surface area contributed by atoms with E-state index in [-0.39, 0.29) is 0 Å². The molecule has 0 atom stereocenters. The van der Waals surface area contributed by atoms with E-state index in [1.54, 1.807) is 14.0 Å². The summed E-state index contributed by atoms with van der Waals surface area (Å²) in [6.45, 7) is 3.71. The summed E-state index contributed by atoms with van der Waals surface area (Å²) in [4.78, 5) is 0. The number of nitrogens with one attached hydrogen (secondary N) is 2. The van der Waals surface area contributed by atoms with Crippen molar-refractivity contribution < 1.29 is 17.9 Å². The van der Waals surface area contributed by atoms with Crippen LogP contribution in [0.15, 0.2) is 6.07 Å². The van der Waals surface area contributed by atoms with Crippen molar-refractivity contribution in [3.8, 4) is 0 Å². The summed E-state index contributed by atoms with van der Waals surface area (Å²) in [5, 5.41) is 9.97. The lowest BCUT2D eigenvalue weighted by molar-refractivity contribution is -0.141. The van der Waals surface area contributed by atoms with Crippen LogP contribution in [0.5, 0.6) is 0 Å². The number of aryl methyl sites for hydroxylation is 2. The van der Waals surface area contributed by atoms with Gasteiger partial charge in [-0.15, -0.1) is 0 Å². The largest absolute Gasteiger partial charge is 0.435 e. The van der Waals surface area contributed by atoms with Crippen LogP contribution in [0.1, 0.15) is 17.8 Å². The third-order valence-electron chi connectivity index (χ3n) is 2.70. The van der Waals surface area contributed by atoms with Crippen LogP contribution in [0.2, 0.25) is 0 Å². The van der Waals surface area contributed by atoms with E-state index in [0.717, 1.165) is 6.07 Å². The number of aromatic nitrogens is 2. The summed E-state index contributed by atoms with van der Waals surface area (Å²) >= 11 is 5.03. The van der Waals surface area contributed by atoms with Crippen molar-refractivity contribution in [1.82, 2.24) is 20.4 Å². The van der Waals surface area contributed by atoms with Gasteiger partial charge in [-0.3, -0.25) is 4.68 Å². The van der Waals surface area contributed by atoms with Crippen molar-refractivity contribution in [3.05, 3.63) is 17.5 Å². The van der Waals surface area contributed by atoms with Gasteiger partial charge in [-0.05, 0) is 31.6 Å². The molecule has 2 N–H and O–H groups in total. The summed E-state index contributed by atoms with van der Waals surface area (Å²) in [6.07, 6.45) is -3.78. The molecule has 1 aromatic heterocycles. The second-order valence-corrected chi connectivity index (χ2v) is 4.83. The van der Waals surface area contributed by atoms with Gasteiger partial charge in [-0.2, -0.15) is 18.3 Å². The molecule has 0 aliphatic rings. The number of thiocarbonyl (C=S) groups is 1. The van der Waals surface area contributed by atoms with Gasteiger partial charge in [0.05, 0.1) is 6.61 Å². The molecule has 0 amide bonds. The van der Waals surface area contributed by atoms with E-state index in [4.69, 9.17) is 17.0 Å². The van der Waals surface area contributed by atoms with Gasteiger partial charge in [-0.1, -0.05) is 0 Å². The monoisotopic (exact) mass is 324 g/mol. The lowest BCUT2D eigenvalue weighted by atomic mass is 10.3. The zero-order valence-corrected chi connectivity index (χ0v) is 12.8. The number of halogens is 3. The van der Waals surface area contributed by atoms with Crippen LogP contribution in [0.3, 0.4) is 0 Å². The molecule has 120 valence electrons. The molecule has 5 nitrogen and oxygen atoms in total. The van der Waals surface area contributed by atoms with E-state index in [1.807, 2.05) is 0 Å². The molecule has 9 heteroatoms. The molecule has 21 heavy (non-hydrogen) atoms. The zero-order valence-electron chi connectivity index (χ0n) is 12.0. The Bertz CT molecular complexity index is 462. The Hall–Kier alpha value is -1.35. The van der Waals surface area contributed by atoms with E-state index < -0.39 is 11.9 Å². The Morgan fingerprint density at radius 1 is 1.38 bits per heavy atom. The Labute approximate surface area is 126 Å². The minimum atomic E-state index is -4.40. The van der Waals surface area contributed by atoms with Crippen molar-refractivity contribution >= 4 is 17.3 Å². The summed E-state index contributed by atoms with van der Waals surface area (Å²) in [6, 6.07) is 1.05. The van der Waals surface area contributed by atoms with Gasteiger partial charge >= 0.3 is 6.18 Å². The SMILES string of the molecule is COCCNC(=S)NCCCn1nc(C(F)(F)F)cc1C. The first-order valence-corrected chi connectivity index (χ1v) is 6.87. The van der Waals surface area contributed by atoms with Crippen molar-refractivity contribution in [2.24, 2.45) is 0 Å². The highest BCUT2D eigenvalue weighted by Crippen LogP contribution is 2.28. The summed E-state index contributed by atoms with van der Waals surface area (Å²) in [5.41, 5.74) is -0.368. The number of alkyl halides is 3. The maximum atomic E-state index is 12.5. The highest BCUT2D eigenvalue weighted by molar-refractivity contribution is 7.80. The van der Waals surface area contributed by atoms with E-state index in [2.05, 4.69) is 15.7 Å². The second-order valence-electron chi connectivity index (χ2n) is 4.42. The molecule has 0 aromatic carbocycles. The average molecular weight is 324 g/mol. The summed E-state index contributed by atoms with van der Waals surface area (Å²) in [7, 11) is 1.60. The smallest absolute Gasteiger partial charge is 0.383 e. The number of nitrogens with zero attached hydrogens (tertiary/aromatic N) is 2. The van der Waals surface area contributed by atoms with Gasteiger partial charge in [0.2, 0.25) is 0 Å². The van der Waals surface area contributed by atoms with Crippen LogP contribution in [-0.4, -0.2) is 41.7 Å². The minimum Gasteiger partial charge on any atom is -0.383 e. The number of rotatable bonds is 7. The molecule has 0 saturated heterocycles. The molecule has 0 spiro atoms. The predicted molar refractivity (Wildman–Crippen MR) is 77.1 cm³/mol. The normalized spacial score (nSPS) is 11.5. The summed E-state index contributed by atoms with van der Waals surface area (Å²) in [5.74, 6) is 0. The van der Waals surface area contributed by atoms with Gasteiger partial charge in [0.15, 0.2) is 10.8 Å². The fourth-order valence-electron chi connectivity index (χ4n) is 1.63. The van der Waals surface area contributed by atoms with Crippen LogP contribution in [0.25, 0.3) is 0 Å². The third-order valence-corrected chi connectivity index (χ3v) is 2.98. The van der Waals surface area contributed by atoms with Gasteiger partial charge < -0.3 is 15.4 Å². The number of methoxy groups -OCH3 is 1. The highest BCUT2D eigenvalue weighted by Gasteiger charge is 2.34. The van der Waals surface area contributed by atoms with Crippen molar-refractivity contribution in [1.29, 1.82) is 0 Å². The summed E-state index contributed by atoms with van der Waals surface area (Å²) < 4.78 is 43.7. The number of hydrogen-bond donors (Lipinski definition) is 2. The molecule has 0 bridgehead atoms. The Balaban J connectivity index is 2.30. The molecule has 0 aliphatic carbocycles. The van der Waals surface area contributed by atoms with Crippen molar-refractivity contribution in [2.45, 2.75) is 26.1 Å². The maximum absolute atomic E-state index is 12.5. The Morgan fingerprint density at radius 2 is 2.05 bits per heavy atom. The lowest BCUT2D eigenvalue weighted by Gasteiger charge is -2.10. The fraction of sp³-hybridized carbons (Fsp3) is 0.667. The van der Waals surface area contributed by atoms with Crippen LogP contribution < -0.4 is 10.6 Å². The fourth-order valence-corrected chi connectivity index (χ4v) is 1.84. The predicted octanol–water partition coefficient (Wildman–Crippen LogP) is 1.71. The van der Waals surface area contributed by atoms with E-state index in [0.29, 0.717) is 43.5 Å². The molecular weight excluding hydrogens is 305 g/mol. The van der Waals surface area contributed by atoms with Crippen LogP contribution in [0.4, 0.5) is 13.2 Å². The van der Waals surface area contributed by atoms with Crippen LogP contribution in [-0.2, 0) is 17.5 Å².